The van der Waals surface area contributed by atoms with Crippen LogP contribution in [0.4, 0.5) is 0 Å². The van der Waals surface area contributed by atoms with Crippen molar-refractivity contribution in [2.75, 3.05) is 32.9 Å². The summed E-state index contributed by atoms with van der Waals surface area (Å²) in [5.74, 6) is 0.149. The van der Waals surface area contributed by atoms with Crippen molar-refractivity contribution in [3.63, 3.8) is 0 Å². The van der Waals surface area contributed by atoms with Gasteiger partial charge in [-0.25, -0.2) is 0 Å². The highest BCUT2D eigenvalue weighted by Gasteiger charge is 2.24. The second-order valence-electron chi connectivity index (χ2n) is 6.11. The monoisotopic (exact) mass is 519 g/mol. The van der Waals surface area contributed by atoms with Gasteiger partial charge in [0.05, 0.1) is 24.8 Å². The minimum absolute atomic E-state index is 0.00660. The first-order valence-electron chi connectivity index (χ1n) is 8.85. The quantitative estimate of drug-likeness (QED) is 0.416. The van der Waals surface area contributed by atoms with E-state index in [1.807, 2.05) is 4.90 Å². The lowest BCUT2D eigenvalue weighted by atomic mass is 10.1. The van der Waals surface area contributed by atoms with Crippen LogP contribution >= 0.6 is 39.7 Å². The van der Waals surface area contributed by atoms with E-state index in [4.69, 9.17) is 37.5 Å². The van der Waals surface area contributed by atoms with Crippen molar-refractivity contribution in [1.82, 2.24) is 4.90 Å². The summed E-state index contributed by atoms with van der Waals surface area (Å²) in [5.41, 5.74) is 0.656. The summed E-state index contributed by atoms with van der Waals surface area (Å²) >= 11 is 15.2. The van der Waals surface area contributed by atoms with E-state index in [1.54, 1.807) is 31.2 Å². The molecular formula is C19H19BrClNO5S2. The number of thiocarbonyl (C=S) groups is 1. The van der Waals surface area contributed by atoms with E-state index >= 15 is 0 Å². The van der Waals surface area contributed by atoms with Gasteiger partial charge in [-0.05, 0) is 43.3 Å². The molecule has 0 N–H and O–H groups in total. The van der Waals surface area contributed by atoms with Crippen molar-refractivity contribution >= 4 is 54.9 Å². The molecule has 6 nitrogen and oxygen atoms in total. The van der Waals surface area contributed by atoms with E-state index in [1.165, 1.54) is 12.1 Å². The van der Waals surface area contributed by atoms with Gasteiger partial charge in [-0.1, -0.05) is 39.7 Å². The van der Waals surface area contributed by atoms with Crippen LogP contribution in [-0.2, 0) is 14.9 Å². The molecule has 1 aliphatic heterocycles. The molecule has 0 amide bonds. The van der Waals surface area contributed by atoms with Crippen LogP contribution in [0.15, 0.2) is 45.8 Å². The first kappa shape index (κ1) is 22.3. The molecule has 0 aromatic heterocycles. The number of benzene rings is 2. The van der Waals surface area contributed by atoms with E-state index in [9.17, 15) is 8.42 Å². The molecule has 3 rings (SSSR count). The normalized spacial score (nSPS) is 14.5. The van der Waals surface area contributed by atoms with Crippen LogP contribution in [0.5, 0.6) is 11.5 Å². The van der Waals surface area contributed by atoms with E-state index in [2.05, 4.69) is 15.9 Å². The number of nitrogens with zero attached hydrogens (tertiary/aromatic N) is 1. The van der Waals surface area contributed by atoms with Gasteiger partial charge in [0.2, 0.25) is 5.75 Å². The van der Waals surface area contributed by atoms with Gasteiger partial charge in [0.1, 0.15) is 9.88 Å². The van der Waals surface area contributed by atoms with Gasteiger partial charge < -0.3 is 18.6 Å². The molecule has 1 fully saturated rings. The number of hydrogen-bond acceptors (Lipinski definition) is 6. The Kier molecular flexibility index (Phi) is 7.39. The van der Waals surface area contributed by atoms with Gasteiger partial charge in [0.15, 0.2) is 5.75 Å². The van der Waals surface area contributed by atoms with Gasteiger partial charge in [0.25, 0.3) is 0 Å². The molecule has 1 aliphatic rings. The molecule has 1 heterocycles. The van der Waals surface area contributed by atoms with Crippen LogP contribution in [0.3, 0.4) is 0 Å². The zero-order valence-corrected chi connectivity index (χ0v) is 19.5. The Morgan fingerprint density at radius 3 is 2.52 bits per heavy atom. The SMILES string of the molecule is CCOc1cc(C(=S)N2CCOCC2)cc(Cl)c1OS(=O)(=O)c1ccc(Br)cc1. The standard InChI is InChI=1S/C19H19BrClNO5S2/c1-2-26-17-12-13(19(28)22-7-9-25-10-8-22)11-16(21)18(17)27-29(23,24)15-5-3-14(20)4-6-15/h3-6,11-12H,2,7-10H2,1H3. The number of halogens is 2. The highest BCUT2D eigenvalue weighted by molar-refractivity contribution is 9.10. The molecule has 1 saturated heterocycles. The topological polar surface area (TPSA) is 65.1 Å². The Morgan fingerprint density at radius 2 is 1.90 bits per heavy atom. The summed E-state index contributed by atoms with van der Waals surface area (Å²) in [7, 11) is -4.09. The average Bonchev–Trinajstić information content (AvgIpc) is 2.71. The largest absolute Gasteiger partial charge is 0.490 e. The Balaban J connectivity index is 1.94. The lowest BCUT2D eigenvalue weighted by molar-refractivity contribution is 0.0693. The molecule has 0 bridgehead atoms. The summed E-state index contributed by atoms with van der Waals surface area (Å²) in [6.45, 7) is 4.64. The summed E-state index contributed by atoms with van der Waals surface area (Å²) < 4.78 is 42.4. The smallest absolute Gasteiger partial charge is 0.339 e. The Morgan fingerprint density at radius 1 is 1.24 bits per heavy atom. The second-order valence-corrected chi connectivity index (χ2v) is 9.37. The zero-order valence-electron chi connectivity index (χ0n) is 15.6. The minimum atomic E-state index is -4.09. The van der Waals surface area contributed by atoms with Crippen molar-refractivity contribution in [3.05, 3.63) is 51.5 Å². The van der Waals surface area contributed by atoms with Gasteiger partial charge in [-0.2, -0.15) is 8.42 Å². The first-order valence-corrected chi connectivity index (χ1v) is 11.8. The first-order chi connectivity index (χ1) is 13.8. The van der Waals surface area contributed by atoms with Crippen LogP contribution in [0.1, 0.15) is 12.5 Å². The maximum Gasteiger partial charge on any atom is 0.339 e. The van der Waals surface area contributed by atoms with Crippen LogP contribution in [-0.4, -0.2) is 51.2 Å². The third-order valence-electron chi connectivity index (χ3n) is 4.15. The number of hydrogen-bond donors (Lipinski definition) is 0. The summed E-state index contributed by atoms with van der Waals surface area (Å²) in [5, 5.41) is 0.0993. The predicted octanol–water partition coefficient (Wildman–Crippen LogP) is 4.28. The average molecular weight is 521 g/mol. The van der Waals surface area contributed by atoms with Crippen LogP contribution in [0.25, 0.3) is 0 Å². The van der Waals surface area contributed by atoms with Crippen molar-refractivity contribution in [3.8, 4) is 11.5 Å². The lowest BCUT2D eigenvalue weighted by Gasteiger charge is -2.29. The van der Waals surface area contributed by atoms with Crippen molar-refractivity contribution < 1.29 is 22.1 Å². The van der Waals surface area contributed by atoms with E-state index in [0.717, 1.165) is 4.47 Å². The summed E-state index contributed by atoms with van der Waals surface area (Å²) in [6, 6.07) is 9.36. The van der Waals surface area contributed by atoms with Gasteiger partial charge in [0, 0.05) is 23.1 Å². The summed E-state index contributed by atoms with van der Waals surface area (Å²) in [4.78, 5) is 2.62. The van der Waals surface area contributed by atoms with E-state index < -0.39 is 10.1 Å². The van der Waals surface area contributed by atoms with Crippen LogP contribution in [0, 0.1) is 0 Å². The van der Waals surface area contributed by atoms with E-state index in [-0.39, 0.29) is 21.4 Å². The highest BCUT2D eigenvalue weighted by Crippen LogP contribution is 2.39. The molecule has 2 aromatic carbocycles. The van der Waals surface area contributed by atoms with Gasteiger partial charge in [-0.3, -0.25) is 0 Å². The minimum Gasteiger partial charge on any atom is -0.490 e. The third kappa shape index (κ3) is 5.40. The Hall–Kier alpha value is -1.39. The lowest BCUT2D eigenvalue weighted by Crippen LogP contribution is -2.40. The fourth-order valence-electron chi connectivity index (χ4n) is 2.74. The van der Waals surface area contributed by atoms with Crippen LogP contribution < -0.4 is 8.92 Å². The van der Waals surface area contributed by atoms with Crippen molar-refractivity contribution in [2.24, 2.45) is 0 Å². The third-order valence-corrected chi connectivity index (χ3v) is 6.69. The van der Waals surface area contributed by atoms with E-state index in [0.29, 0.717) is 43.5 Å². The highest BCUT2D eigenvalue weighted by atomic mass is 79.9. The summed E-state index contributed by atoms with van der Waals surface area (Å²) in [6.07, 6.45) is 0. The molecule has 0 aliphatic carbocycles. The van der Waals surface area contributed by atoms with Crippen molar-refractivity contribution in [1.29, 1.82) is 0 Å². The molecule has 2 aromatic rings. The molecule has 0 unspecified atom stereocenters. The molecule has 0 atom stereocenters. The number of morpholine rings is 1. The maximum absolute atomic E-state index is 12.7. The van der Waals surface area contributed by atoms with Gasteiger partial charge in [-0.15, -0.1) is 0 Å². The molecule has 156 valence electrons. The van der Waals surface area contributed by atoms with Crippen molar-refractivity contribution in [2.45, 2.75) is 11.8 Å². The molecule has 0 spiro atoms. The molecule has 10 heteroatoms. The van der Waals surface area contributed by atoms with Gasteiger partial charge >= 0.3 is 10.1 Å². The molecule has 0 radical (unpaired) electrons. The Bertz CT molecular complexity index is 992. The molecule has 29 heavy (non-hydrogen) atoms. The second kappa shape index (κ2) is 9.61. The molecular weight excluding hydrogens is 502 g/mol. The number of ether oxygens (including phenoxy) is 2. The predicted molar refractivity (Wildman–Crippen MR) is 119 cm³/mol. The zero-order chi connectivity index (χ0) is 21.0. The fourth-order valence-corrected chi connectivity index (χ4v) is 4.56. The molecule has 0 saturated carbocycles. The maximum atomic E-state index is 12.7. The Labute approximate surface area is 189 Å². The van der Waals surface area contributed by atoms with Crippen LogP contribution in [0.2, 0.25) is 5.02 Å². The fraction of sp³-hybridized carbons (Fsp3) is 0.316. The number of rotatable bonds is 6.